The van der Waals surface area contributed by atoms with Crippen LogP contribution >= 0.6 is 11.3 Å². The van der Waals surface area contributed by atoms with Crippen LogP contribution in [0.2, 0.25) is 0 Å². The number of carbonyl (C=O) groups is 1. The van der Waals surface area contributed by atoms with Gasteiger partial charge in [-0.25, -0.2) is 9.78 Å². The van der Waals surface area contributed by atoms with Gasteiger partial charge in [-0.05, 0) is 26.3 Å². The highest BCUT2D eigenvalue weighted by atomic mass is 32.1. The summed E-state index contributed by atoms with van der Waals surface area (Å²) in [5, 5.41) is 11.1. The molecule has 2 heterocycles. The summed E-state index contributed by atoms with van der Waals surface area (Å²) in [4.78, 5) is 17.2. The second-order valence-corrected chi connectivity index (χ2v) is 5.74. The molecule has 0 amide bonds. The topological polar surface area (TPSA) is 59.4 Å². The molecule has 19 heavy (non-hydrogen) atoms. The molecule has 0 aliphatic rings. The first-order chi connectivity index (χ1) is 9.04. The molecule has 0 radical (unpaired) electrons. The van der Waals surface area contributed by atoms with Crippen molar-refractivity contribution in [3.8, 4) is 5.75 Å². The zero-order chi connectivity index (χ0) is 14.0. The number of thiophene rings is 1. The van der Waals surface area contributed by atoms with Crippen molar-refractivity contribution >= 4 is 27.4 Å². The number of aromatic nitrogens is 1. The molecule has 102 valence electrons. The third kappa shape index (κ3) is 2.71. The van der Waals surface area contributed by atoms with Crippen LogP contribution in [0.4, 0.5) is 0 Å². The van der Waals surface area contributed by atoms with Gasteiger partial charge in [0.2, 0.25) is 0 Å². The van der Waals surface area contributed by atoms with Crippen LogP contribution in [0.1, 0.15) is 40.8 Å². The molecule has 0 spiro atoms. The van der Waals surface area contributed by atoms with Gasteiger partial charge in [0.05, 0.1) is 11.3 Å². The van der Waals surface area contributed by atoms with E-state index in [1.807, 2.05) is 26.8 Å². The molecule has 0 fully saturated rings. The Balaban J connectivity index is 2.38. The summed E-state index contributed by atoms with van der Waals surface area (Å²) in [7, 11) is 0. The van der Waals surface area contributed by atoms with Gasteiger partial charge in [0, 0.05) is 16.0 Å². The fourth-order valence-corrected chi connectivity index (χ4v) is 2.88. The van der Waals surface area contributed by atoms with Crippen molar-refractivity contribution in [2.75, 3.05) is 6.61 Å². The predicted molar refractivity (Wildman–Crippen MR) is 75.9 cm³/mol. The molecule has 0 aliphatic carbocycles. The van der Waals surface area contributed by atoms with E-state index in [2.05, 4.69) is 4.98 Å². The van der Waals surface area contributed by atoms with Gasteiger partial charge in [0.1, 0.15) is 0 Å². The molecule has 1 N–H and O–H groups in total. The van der Waals surface area contributed by atoms with Gasteiger partial charge in [0.25, 0.3) is 0 Å². The van der Waals surface area contributed by atoms with Gasteiger partial charge in [-0.2, -0.15) is 0 Å². The fourth-order valence-electron chi connectivity index (χ4n) is 1.87. The molecule has 2 rings (SSSR count). The molecule has 2 aromatic heterocycles. The molecule has 0 unspecified atom stereocenters. The lowest BCUT2D eigenvalue weighted by Crippen LogP contribution is -2.09. The van der Waals surface area contributed by atoms with Gasteiger partial charge in [-0.15, -0.1) is 11.3 Å². The van der Waals surface area contributed by atoms with Crippen molar-refractivity contribution in [3.63, 3.8) is 0 Å². The fraction of sp³-hybridized carbons (Fsp3) is 0.429. The van der Waals surface area contributed by atoms with Crippen molar-refractivity contribution in [1.29, 1.82) is 0 Å². The maximum absolute atomic E-state index is 11.9. The first-order valence-electron chi connectivity index (χ1n) is 6.31. The molecule has 0 aliphatic heterocycles. The lowest BCUT2D eigenvalue weighted by atomic mass is 10.2. The van der Waals surface area contributed by atoms with E-state index in [1.165, 1.54) is 11.3 Å². The zero-order valence-corrected chi connectivity index (χ0v) is 12.1. The van der Waals surface area contributed by atoms with Crippen LogP contribution < -0.4 is 0 Å². The molecule has 0 aromatic carbocycles. The quantitative estimate of drug-likeness (QED) is 0.686. The number of carbonyl (C=O) groups excluding carboxylic acids is 1. The van der Waals surface area contributed by atoms with Gasteiger partial charge in [-0.1, -0.05) is 13.3 Å². The van der Waals surface area contributed by atoms with E-state index >= 15 is 0 Å². The van der Waals surface area contributed by atoms with Crippen LogP contribution in [-0.4, -0.2) is 22.7 Å². The van der Waals surface area contributed by atoms with Gasteiger partial charge in [0.15, 0.2) is 11.4 Å². The zero-order valence-electron chi connectivity index (χ0n) is 11.3. The van der Waals surface area contributed by atoms with Crippen LogP contribution in [0.25, 0.3) is 10.1 Å². The SMILES string of the molecule is CCCCOC(=O)c1nc(C)c2cc(C)sc2c1O. The number of rotatable bonds is 4. The monoisotopic (exact) mass is 279 g/mol. The van der Waals surface area contributed by atoms with Crippen LogP contribution in [0.5, 0.6) is 5.75 Å². The lowest BCUT2D eigenvalue weighted by Gasteiger charge is -2.07. The summed E-state index contributed by atoms with van der Waals surface area (Å²) >= 11 is 1.46. The molecule has 0 saturated carbocycles. The normalized spacial score (nSPS) is 10.9. The summed E-state index contributed by atoms with van der Waals surface area (Å²) in [6, 6.07) is 1.97. The molecule has 0 bridgehead atoms. The van der Waals surface area contributed by atoms with E-state index in [0.29, 0.717) is 11.3 Å². The molecule has 0 saturated heterocycles. The number of fused-ring (bicyclic) bond motifs is 1. The summed E-state index contributed by atoms with van der Waals surface area (Å²) in [6.45, 7) is 6.17. The highest BCUT2D eigenvalue weighted by Gasteiger charge is 2.20. The van der Waals surface area contributed by atoms with Crippen molar-refractivity contribution < 1.29 is 14.6 Å². The third-order valence-corrected chi connectivity index (χ3v) is 3.95. The summed E-state index contributed by atoms with van der Waals surface area (Å²) in [5.74, 6) is -0.623. The predicted octanol–water partition coefficient (Wildman–Crippen LogP) is 3.58. The van der Waals surface area contributed by atoms with E-state index in [1.54, 1.807) is 0 Å². The third-order valence-electron chi connectivity index (χ3n) is 2.89. The number of aryl methyl sites for hydroxylation is 2. The summed E-state index contributed by atoms with van der Waals surface area (Å²) < 4.78 is 5.80. The van der Waals surface area contributed by atoms with Crippen LogP contribution in [0, 0.1) is 13.8 Å². The van der Waals surface area contributed by atoms with Gasteiger partial charge < -0.3 is 9.84 Å². The molecular weight excluding hydrogens is 262 g/mol. The average molecular weight is 279 g/mol. The summed E-state index contributed by atoms with van der Waals surface area (Å²) in [5.41, 5.74) is 0.752. The minimum absolute atomic E-state index is 0.0166. The lowest BCUT2D eigenvalue weighted by molar-refractivity contribution is 0.0489. The minimum Gasteiger partial charge on any atom is -0.504 e. The van der Waals surface area contributed by atoms with Gasteiger partial charge in [-0.3, -0.25) is 0 Å². The van der Waals surface area contributed by atoms with Crippen LogP contribution in [0.3, 0.4) is 0 Å². The number of aromatic hydroxyl groups is 1. The maximum Gasteiger partial charge on any atom is 0.360 e. The number of pyridine rings is 1. The van der Waals surface area contributed by atoms with Crippen molar-refractivity contribution in [3.05, 3.63) is 22.3 Å². The Morgan fingerprint density at radius 2 is 2.21 bits per heavy atom. The number of hydrogen-bond acceptors (Lipinski definition) is 5. The smallest absolute Gasteiger partial charge is 0.360 e. The molecule has 2 aromatic rings. The molecule has 5 heteroatoms. The van der Waals surface area contributed by atoms with Gasteiger partial charge >= 0.3 is 5.97 Å². The Morgan fingerprint density at radius 3 is 2.89 bits per heavy atom. The van der Waals surface area contributed by atoms with Crippen LogP contribution in [0.15, 0.2) is 6.07 Å². The first kappa shape index (κ1) is 13.8. The Labute approximate surface area is 116 Å². The maximum atomic E-state index is 11.9. The second-order valence-electron chi connectivity index (χ2n) is 4.48. The van der Waals surface area contributed by atoms with E-state index in [9.17, 15) is 9.90 Å². The Hall–Kier alpha value is -1.62. The number of unbranched alkanes of at least 4 members (excludes halogenated alkanes) is 1. The van der Waals surface area contributed by atoms with Crippen molar-refractivity contribution in [2.24, 2.45) is 0 Å². The van der Waals surface area contributed by atoms with E-state index in [0.717, 1.165) is 28.8 Å². The Morgan fingerprint density at radius 1 is 1.47 bits per heavy atom. The number of hydrogen-bond donors (Lipinski definition) is 1. The molecule has 4 nitrogen and oxygen atoms in total. The number of nitrogens with zero attached hydrogens (tertiary/aromatic N) is 1. The van der Waals surface area contributed by atoms with E-state index in [-0.39, 0.29) is 11.4 Å². The highest BCUT2D eigenvalue weighted by Crippen LogP contribution is 2.36. The Kier molecular flexibility index (Phi) is 4.04. The minimum atomic E-state index is -0.554. The van der Waals surface area contributed by atoms with E-state index in [4.69, 9.17) is 4.74 Å². The highest BCUT2D eigenvalue weighted by molar-refractivity contribution is 7.19. The Bertz CT molecular complexity index is 619. The number of ether oxygens (including phenoxy) is 1. The van der Waals surface area contributed by atoms with Crippen molar-refractivity contribution in [2.45, 2.75) is 33.6 Å². The summed E-state index contributed by atoms with van der Waals surface area (Å²) in [6.07, 6.45) is 1.76. The number of esters is 1. The second kappa shape index (κ2) is 5.57. The molecular formula is C14H17NO3S. The molecule has 0 atom stereocenters. The van der Waals surface area contributed by atoms with E-state index < -0.39 is 5.97 Å². The standard InChI is InChI=1S/C14H17NO3S/c1-4-5-6-18-14(17)11-12(16)13-10(9(3)15-11)7-8(2)19-13/h7,16H,4-6H2,1-3H3. The largest absolute Gasteiger partial charge is 0.504 e. The van der Waals surface area contributed by atoms with Crippen molar-refractivity contribution in [1.82, 2.24) is 4.98 Å². The van der Waals surface area contributed by atoms with Crippen LogP contribution in [-0.2, 0) is 4.74 Å². The average Bonchev–Trinajstić information content (AvgIpc) is 2.76. The first-order valence-corrected chi connectivity index (χ1v) is 7.13.